The van der Waals surface area contributed by atoms with E-state index in [0.717, 1.165) is 64.8 Å². The van der Waals surface area contributed by atoms with Gasteiger partial charge in [-0.05, 0) is 43.7 Å². The van der Waals surface area contributed by atoms with Crippen LogP contribution in [0, 0.1) is 5.92 Å². The van der Waals surface area contributed by atoms with Crippen LogP contribution < -0.4 is 5.32 Å². The van der Waals surface area contributed by atoms with Gasteiger partial charge in [0.05, 0.1) is 19.3 Å². The van der Waals surface area contributed by atoms with Crippen LogP contribution in [0.1, 0.15) is 50.3 Å². The summed E-state index contributed by atoms with van der Waals surface area (Å²) in [4.78, 5) is 14.7. The first-order valence-corrected chi connectivity index (χ1v) is 9.60. The van der Waals surface area contributed by atoms with E-state index in [1.807, 2.05) is 4.90 Å². The lowest BCUT2D eigenvalue weighted by atomic mass is 9.85. The number of ether oxygens (including phenoxy) is 2. The smallest absolute Gasteiger partial charge is 0.317 e. The highest BCUT2D eigenvalue weighted by molar-refractivity contribution is 5.75. The van der Waals surface area contributed by atoms with Gasteiger partial charge in [0.15, 0.2) is 5.79 Å². The number of amides is 2. The van der Waals surface area contributed by atoms with Gasteiger partial charge in [0, 0.05) is 44.9 Å². The Kier molecular flexibility index (Phi) is 4.73. The number of carbonyl (C=O) groups is 1. The van der Waals surface area contributed by atoms with E-state index in [-0.39, 0.29) is 17.9 Å². The van der Waals surface area contributed by atoms with Gasteiger partial charge >= 0.3 is 6.03 Å². The molecule has 3 aliphatic rings. The molecular weight excluding hydrogens is 318 g/mol. The number of nitrogens with zero attached hydrogens (tertiary/aromatic N) is 2. The van der Waals surface area contributed by atoms with Crippen molar-refractivity contribution >= 4 is 6.03 Å². The molecule has 1 aromatic heterocycles. The minimum atomic E-state index is -0.312. The number of urea groups is 1. The summed E-state index contributed by atoms with van der Waals surface area (Å²) in [6.07, 6.45) is 8.18. The molecule has 3 fully saturated rings. The maximum atomic E-state index is 12.7. The van der Waals surface area contributed by atoms with E-state index in [1.54, 1.807) is 0 Å². The van der Waals surface area contributed by atoms with Crippen LogP contribution in [0.5, 0.6) is 0 Å². The van der Waals surface area contributed by atoms with Crippen LogP contribution >= 0.6 is 0 Å². The summed E-state index contributed by atoms with van der Waals surface area (Å²) in [6.45, 7) is 3.04. The van der Waals surface area contributed by atoms with E-state index >= 15 is 0 Å². The zero-order valence-corrected chi connectivity index (χ0v) is 15.1. The fourth-order valence-electron chi connectivity index (χ4n) is 4.58. The van der Waals surface area contributed by atoms with Crippen LogP contribution in [0.15, 0.2) is 18.3 Å². The van der Waals surface area contributed by atoms with Crippen LogP contribution in [0.4, 0.5) is 4.79 Å². The molecule has 6 nitrogen and oxygen atoms in total. The Hall–Kier alpha value is -1.53. The molecule has 1 aromatic rings. The minimum absolute atomic E-state index is 0.0809. The highest BCUT2D eigenvalue weighted by Crippen LogP contribution is 2.38. The molecule has 0 aromatic carbocycles. The lowest BCUT2D eigenvalue weighted by Gasteiger charge is -2.35. The Bertz CT molecular complexity index is 599. The molecule has 4 rings (SSSR count). The van der Waals surface area contributed by atoms with Gasteiger partial charge < -0.3 is 24.3 Å². The third-order valence-corrected chi connectivity index (χ3v) is 6.06. The van der Waals surface area contributed by atoms with Gasteiger partial charge in [0.2, 0.25) is 0 Å². The van der Waals surface area contributed by atoms with Crippen LogP contribution in [0.25, 0.3) is 0 Å². The summed E-state index contributed by atoms with van der Waals surface area (Å²) in [5.41, 5.74) is 1.22. The van der Waals surface area contributed by atoms with Crippen LogP contribution in [0.2, 0.25) is 0 Å². The molecule has 1 saturated carbocycles. The monoisotopic (exact) mass is 347 g/mol. The number of carbonyl (C=O) groups excluding carboxylic acids is 1. The van der Waals surface area contributed by atoms with Crippen molar-refractivity contribution in [3.05, 3.63) is 24.0 Å². The van der Waals surface area contributed by atoms with E-state index in [1.165, 1.54) is 5.69 Å². The zero-order valence-electron chi connectivity index (χ0n) is 15.1. The Balaban J connectivity index is 1.28. The Morgan fingerprint density at radius 3 is 2.72 bits per heavy atom. The number of hydrogen-bond donors (Lipinski definition) is 1. The third-order valence-electron chi connectivity index (χ3n) is 6.06. The second kappa shape index (κ2) is 7.00. The molecule has 0 radical (unpaired) electrons. The van der Waals surface area contributed by atoms with Crippen LogP contribution in [-0.4, -0.2) is 47.6 Å². The number of aryl methyl sites for hydroxylation is 1. The van der Waals surface area contributed by atoms with Crippen molar-refractivity contribution in [1.82, 2.24) is 14.8 Å². The summed E-state index contributed by atoms with van der Waals surface area (Å²) < 4.78 is 13.7. The predicted molar refractivity (Wildman–Crippen MR) is 94.1 cm³/mol. The number of nitrogens with one attached hydrogen (secondary N) is 1. The molecule has 138 valence electrons. The zero-order chi connectivity index (χ0) is 17.3. The van der Waals surface area contributed by atoms with Crippen molar-refractivity contribution in [2.45, 2.75) is 50.4 Å². The molecule has 25 heavy (non-hydrogen) atoms. The van der Waals surface area contributed by atoms with Crippen molar-refractivity contribution < 1.29 is 14.3 Å². The fraction of sp³-hybridized carbons (Fsp3) is 0.737. The second-order valence-electron chi connectivity index (χ2n) is 7.63. The fourth-order valence-corrected chi connectivity index (χ4v) is 4.58. The quantitative estimate of drug-likeness (QED) is 0.915. The molecular formula is C19H29N3O3. The standard InChI is InChI=1S/C19H29N3O3/c1-21-10-2-4-16(21)17-5-3-11-22(17)18(23)20-14-15-6-8-19(9-7-15)24-12-13-25-19/h2,4,10,15,17H,3,5-9,11-14H2,1H3,(H,20,23)/t17-/m0/s1. The summed E-state index contributed by atoms with van der Waals surface area (Å²) >= 11 is 0. The first kappa shape index (κ1) is 16.9. The van der Waals surface area contributed by atoms with Crippen LogP contribution in [-0.2, 0) is 16.5 Å². The molecule has 1 spiro atoms. The Morgan fingerprint density at radius 2 is 2.04 bits per heavy atom. The number of likely N-dealkylation sites (tertiary alicyclic amines) is 1. The number of rotatable bonds is 3. The largest absolute Gasteiger partial charge is 0.353 e. The summed E-state index contributed by atoms with van der Waals surface area (Å²) in [6, 6.07) is 4.46. The van der Waals surface area contributed by atoms with Gasteiger partial charge in [-0.2, -0.15) is 0 Å². The topological polar surface area (TPSA) is 55.7 Å². The van der Waals surface area contributed by atoms with E-state index in [0.29, 0.717) is 5.92 Å². The van der Waals surface area contributed by atoms with E-state index in [4.69, 9.17) is 9.47 Å². The first-order valence-electron chi connectivity index (χ1n) is 9.60. The van der Waals surface area contributed by atoms with Crippen molar-refractivity contribution in [3.63, 3.8) is 0 Å². The summed E-state index contributed by atoms with van der Waals surface area (Å²) in [5, 5.41) is 3.18. The maximum absolute atomic E-state index is 12.7. The van der Waals surface area contributed by atoms with Crippen LogP contribution in [0.3, 0.4) is 0 Å². The summed E-state index contributed by atoms with van der Waals surface area (Å²) in [7, 11) is 2.05. The number of aromatic nitrogens is 1. The minimum Gasteiger partial charge on any atom is -0.353 e. The first-order chi connectivity index (χ1) is 12.2. The van der Waals surface area contributed by atoms with Gasteiger partial charge in [0.1, 0.15) is 0 Å². The van der Waals surface area contributed by atoms with Crippen molar-refractivity contribution in [2.24, 2.45) is 13.0 Å². The Labute approximate surface area is 149 Å². The van der Waals surface area contributed by atoms with E-state index in [9.17, 15) is 4.79 Å². The van der Waals surface area contributed by atoms with Crippen molar-refractivity contribution in [1.29, 1.82) is 0 Å². The van der Waals surface area contributed by atoms with E-state index < -0.39 is 0 Å². The highest BCUT2D eigenvalue weighted by Gasteiger charge is 2.40. The normalized spacial score (nSPS) is 26.4. The third kappa shape index (κ3) is 3.42. The molecule has 6 heteroatoms. The van der Waals surface area contributed by atoms with Gasteiger partial charge in [-0.15, -0.1) is 0 Å². The SMILES string of the molecule is Cn1cccc1[C@@H]1CCCN1C(=O)NCC1CCC2(CC1)OCCO2. The highest BCUT2D eigenvalue weighted by atomic mass is 16.7. The number of hydrogen-bond acceptors (Lipinski definition) is 3. The maximum Gasteiger partial charge on any atom is 0.317 e. The average Bonchev–Trinajstić information content (AvgIpc) is 3.35. The van der Waals surface area contributed by atoms with Crippen molar-refractivity contribution in [3.8, 4) is 0 Å². The average molecular weight is 347 g/mol. The second-order valence-corrected chi connectivity index (χ2v) is 7.63. The molecule has 3 heterocycles. The van der Waals surface area contributed by atoms with Gasteiger partial charge in [-0.3, -0.25) is 0 Å². The molecule has 1 N–H and O–H groups in total. The molecule has 1 aliphatic carbocycles. The molecule has 0 unspecified atom stereocenters. The lowest BCUT2D eigenvalue weighted by Crippen LogP contribution is -2.43. The molecule has 2 saturated heterocycles. The Morgan fingerprint density at radius 1 is 1.28 bits per heavy atom. The molecule has 1 atom stereocenters. The van der Waals surface area contributed by atoms with E-state index in [2.05, 4.69) is 35.3 Å². The summed E-state index contributed by atoms with van der Waals surface area (Å²) in [5.74, 6) is 0.214. The van der Waals surface area contributed by atoms with Crippen molar-refractivity contribution in [2.75, 3.05) is 26.3 Å². The molecule has 2 aliphatic heterocycles. The van der Waals surface area contributed by atoms with Gasteiger partial charge in [0.25, 0.3) is 0 Å². The van der Waals surface area contributed by atoms with Gasteiger partial charge in [-0.1, -0.05) is 0 Å². The lowest BCUT2D eigenvalue weighted by molar-refractivity contribution is -0.182. The molecule has 0 bridgehead atoms. The predicted octanol–water partition coefficient (Wildman–Crippen LogP) is 2.80. The molecule has 2 amide bonds. The van der Waals surface area contributed by atoms with Gasteiger partial charge in [-0.25, -0.2) is 4.79 Å².